The average Bonchev–Trinajstić information content (AvgIpc) is 3.43. The number of carbonyl (C=O) groups excluding carboxylic acids is 1. The van der Waals surface area contributed by atoms with Gasteiger partial charge in [0.2, 0.25) is 11.9 Å². The third-order valence-corrected chi connectivity index (χ3v) is 6.78. The van der Waals surface area contributed by atoms with Crippen LogP contribution in [-0.4, -0.2) is 38.3 Å². The van der Waals surface area contributed by atoms with Gasteiger partial charge < -0.3 is 14.6 Å². The minimum absolute atomic E-state index is 0.104. The van der Waals surface area contributed by atoms with Crippen molar-refractivity contribution in [2.45, 2.75) is 44.7 Å². The van der Waals surface area contributed by atoms with Crippen molar-refractivity contribution >= 4 is 23.0 Å². The lowest BCUT2D eigenvalue weighted by atomic mass is 10.1. The van der Waals surface area contributed by atoms with Gasteiger partial charge in [-0.15, -0.1) is 0 Å². The largest absolute Gasteiger partial charge is 0.417 e. The minimum atomic E-state index is -0.468. The number of aromatic amines is 1. The molecule has 0 bridgehead atoms. The fourth-order valence-electron chi connectivity index (χ4n) is 5.00. The number of hydrogen-bond acceptors (Lipinski definition) is 6. The monoisotopic (exact) mass is 455 g/mol. The second-order valence-corrected chi connectivity index (χ2v) is 9.09. The van der Waals surface area contributed by atoms with Gasteiger partial charge in [-0.25, -0.2) is 14.8 Å². The van der Waals surface area contributed by atoms with Gasteiger partial charge >= 0.3 is 5.76 Å². The minimum Gasteiger partial charge on any atom is -0.408 e. The number of benzene rings is 2. The number of nitrogens with one attached hydrogen (secondary N) is 2. The van der Waals surface area contributed by atoms with E-state index in [0.717, 1.165) is 36.1 Å². The highest BCUT2D eigenvalue weighted by atomic mass is 16.4. The van der Waals surface area contributed by atoms with Crippen molar-refractivity contribution in [1.29, 1.82) is 0 Å². The topological polar surface area (TPSA) is 104 Å². The van der Waals surface area contributed by atoms with Crippen LogP contribution < -0.4 is 11.1 Å². The maximum absolute atomic E-state index is 12.8. The lowest BCUT2D eigenvalue weighted by Crippen LogP contribution is -2.36. The van der Waals surface area contributed by atoms with Crippen LogP contribution in [0, 0.1) is 0 Å². The standard InChI is InChI=1S/C26H25N5O3/c32-24(8-6-16-5-7-22-23(11-16)34-26(33)30-22)31-10-9-21-19(15-31)14-27-25(29-21)28-20-12-17-3-1-2-4-18(17)13-20/h1-5,7,11,14,20H,6,8-10,12-13,15H2,(H,30,33)(H,27,28,29). The summed E-state index contributed by atoms with van der Waals surface area (Å²) in [7, 11) is 0. The molecule has 172 valence electrons. The molecule has 2 aliphatic rings. The quantitative estimate of drug-likeness (QED) is 0.479. The smallest absolute Gasteiger partial charge is 0.408 e. The molecular formula is C26H25N5O3. The van der Waals surface area contributed by atoms with E-state index in [4.69, 9.17) is 9.40 Å². The molecule has 1 amide bonds. The van der Waals surface area contributed by atoms with E-state index in [1.165, 1.54) is 11.1 Å². The summed E-state index contributed by atoms with van der Waals surface area (Å²) in [6.45, 7) is 1.19. The van der Waals surface area contributed by atoms with E-state index in [9.17, 15) is 9.59 Å². The summed E-state index contributed by atoms with van der Waals surface area (Å²) < 4.78 is 5.11. The van der Waals surface area contributed by atoms with E-state index in [2.05, 4.69) is 39.6 Å². The number of hydrogen-bond donors (Lipinski definition) is 2. The Balaban J connectivity index is 1.06. The molecule has 2 aromatic heterocycles. The summed E-state index contributed by atoms with van der Waals surface area (Å²) in [5.74, 6) is 0.305. The highest BCUT2D eigenvalue weighted by Crippen LogP contribution is 2.25. The van der Waals surface area contributed by atoms with Crippen LogP contribution in [0.3, 0.4) is 0 Å². The van der Waals surface area contributed by atoms with Crippen LogP contribution in [0.4, 0.5) is 5.95 Å². The summed E-state index contributed by atoms with van der Waals surface area (Å²) >= 11 is 0. The van der Waals surface area contributed by atoms with Gasteiger partial charge in [-0.2, -0.15) is 0 Å². The molecule has 0 saturated heterocycles. The summed E-state index contributed by atoms with van der Waals surface area (Å²) in [6.07, 6.45) is 5.55. The first kappa shape index (κ1) is 20.7. The third-order valence-electron chi connectivity index (χ3n) is 6.78. The van der Waals surface area contributed by atoms with E-state index in [-0.39, 0.29) is 5.91 Å². The molecule has 8 nitrogen and oxygen atoms in total. The molecule has 0 unspecified atom stereocenters. The number of amides is 1. The molecule has 0 atom stereocenters. The maximum Gasteiger partial charge on any atom is 0.417 e. The van der Waals surface area contributed by atoms with Crippen molar-refractivity contribution in [3.8, 4) is 0 Å². The predicted octanol–water partition coefficient (Wildman–Crippen LogP) is 3.01. The molecule has 1 aliphatic carbocycles. The summed E-state index contributed by atoms with van der Waals surface area (Å²) in [4.78, 5) is 38.0. The Morgan fingerprint density at radius 3 is 2.79 bits per heavy atom. The Kier molecular flexibility index (Phi) is 5.13. The molecule has 4 aromatic rings. The second kappa shape index (κ2) is 8.44. The molecule has 0 saturated carbocycles. The molecule has 0 radical (unpaired) electrons. The van der Waals surface area contributed by atoms with E-state index in [1.807, 2.05) is 29.3 Å². The number of oxazole rings is 1. The Morgan fingerprint density at radius 2 is 1.97 bits per heavy atom. The normalized spacial score (nSPS) is 15.4. The van der Waals surface area contributed by atoms with Gasteiger partial charge in [0.15, 0.2) is 5.58 Å². The Labute approximate surface area is 196 Å². The number of anilines is 1. The van der Waals surface area contributed by atoms with Crippen molar-refractivity contribution in [3.63, 3.8) is 0 Å². The van der Waals surface area contributed by atoms with Crippen molar-refractivity contribution in [2.75, 3.05) is 11.9 Å². The number of aromatic nitrogens is 3. The molecule has 2 N–H and O–H groups in total. The van der Waals surface area contributed by atoms with Gasteiger partial charge in [0.05, 0.1) is 11.2 Å². The molecule has 1 aliphatic heterocycles. The summed E-state index contributed by atoms with van der Waals surface area (Å²) in [5.41, 5.74) is 6.97. The molecule has 2 aromatic carbocycles. The fourth-order valence-corrected chi connectivity index (χ4v) is 5.00. The van der Waals surface area contributed by atoms with Crippen molar-refractivity contribution in [3.05, 3.63) is 87.2 Å². The van der Waals surface area contributed by atoms with Gasteiger partial charge in [-0.3, -0.25) is 9.78 Å². The molecule has 3 heterocycles. The fraction of sp³-hybridized carbons (Fsp3) is 0.308. The number of nitrogens with zero attached hydrogens (tertiary/aromatic N) is 3. The Morgan fingerprint density at radius 1 is 1.15 bits per heavy atom. The first-order chi connectivity index (χ1) is 16.6. The lowest BCUT2D eigenvalue weighted by Gasteiger charge is -2.28. The lowest BCUT2D eigenvalue weighted by molar-refractivity contribution is -0.132. The molecule has 8 heteroatoms. The maximum atomic E-state index is 12.8. The van der Waals surface area contributed by atoms with Gasteiger partial charge in [-0.1, -0.05) is 30.3 Å². The van der Waals surface area contributed by atoms with E-state index < -0.39 is 5.76 Å². The van der Waals surface area contributed by atoms with Crippen LogP contribution in [-0.2, 0) is 37.0 Å². The summed E-state index contributed by atoms with van der Waals surface area (Å²) in [6, 6.07) is 14.4. The van der Waals surface area contributed by atoms with E-state index in [1.54, 1.807) is 0 Å². The number of carbonyl (C=O) groups is 1. The average molecular weight is 456 g/mol. The first-order valence-electron chi connectivity index (χ1n) is 11.7. The highest BCUT2D eigenvalue weighted by molar-refractivity contribution is 5.77. The zero-order chi connectivity index (χ0) is 23.1. The zero-order valence-corrected chi connectivity index (χ0v) is 18.7. The number of fused-ring (bicyclic) bond motifs is 3. The predicted molar refractivity (Wildman–Crippen MR) is 128 cm³/mol. The number of rotatable bonds is 5. The van der Waals surface area contributed by atoms with Crippen LogP contribution in [0.2, 0.25) is 0 Å². The van der Waals surface area contributed by atoms with Crippen LogP contribution in [0.25, 0.3) is 11.1 Å². The van der Waals surface area contributed by atoms with Crippen molar-refractivity contribution < 1.29 is 9.21 Å². The zero-order valence-electron chi connectivity index (χ0n) is 18.7. The van der Waals surface area contributed by atoms with E-state index in [0.29, 0.717) is 49.0 Å². The molecule has 6 rings (SSSR count). The molecular weight excluding hydrogens is 430 g/mol. The molecule has 0 spiro atoms. The van der Waals surface area contributed by atoms with Crippen molar-refractivity contribution in [1.82, 2.24) is 19.9 Å². The highest BCUT2D eigenvalue weighted by Gasteiger charge is 2.24. The van der Waals surface area contributed by atoms with Crippen LogP contribution in [0.1, 0.15) is 34.4 Å². The number of aryl methyl sites for hydroxylation is 1. The Bertz CT molecular complexity index is 1410. The van der Waals surface area contributed by atoms with Crippen LogP contribution in [0.5, 0.6) is 0 Å². The first-order valence-corrected chi connectivity index (χ1v) is 11.7. The van der Waals surface area contributed by atoms with Gasteiger partial charge in [-0.05, 0) is 48.1 Å². The van der Waals surface area contributed by atoms with Gasteiger partial charge in [0.25, 0.3) is 0 Å². The summed E-state index contributed by atoms with van der Waals surface area (Å²) in [5, 5.41) is 3.49. The second-order valence-electron chi connectivity index (χ2n) is 9.09. The molecule has 34 heavy (non-hydrogen) atoms. The van der Waals surface area contributed by atoms with Crippen molar-refractivity contribution in [2.24, 2.45) is 0 Å². The van der Waals surface area contributed by atoms with Crippen LogP contribution in [0.15, 0.2) is 57.9 Å². The van der Waals surface area contributed by atoms with Gasteiger partial charge in [0, 0.05) is 43.7 Å². The van der Waals surface area contributed by atoms with Gasteiger partial charge in [0.1, 0.15) is 0 Å². The van der Waals surface area contributed by atoms with E-state index >= 15 is 0 Å². The third kappa shape index (κ3) is 4.07. The Hall–Kier alpha value is -3.94. The van der Waals surface area contributed by atoms with Crippen LogP contribution >= 0.6 is 0 Å². The molecule has 0 fully saturated rings. The SMILES string of the molecule is O=C(CCc1ccc2[nH]c(=O)oc2c1)N1CCc2nc(NC3Cc4ccccc4C3)ncc2C1. The number of H-pyrrole nitrogens is 1.